The van der Waals surface area contributed by atoms with Crippen LogP contribution in [0.3, 0.4) is 0 Å². The van der Waals surface area contributed by atoms with E-state index in [-0.39, 0.29) is 22.9 Å². The van der Waals surface area contributed by atoms with Crippen LogP contribution in [0.4, 0.5) is 0 Å². The first-order valence-electron chi connectivity index (χ1n) is 12.1. The topological polar surface area (TPSA) is 64.7 Å². The van der Waals surface area contributed by atoms with E-state index in [1.54, 1.807) is 0 Å². The largest absolute Gasteiger partial charge is 0.350 e. The van der Waals surface area contributed by atoms with Crippen molar-refractivity contribution in [2.75, 3.05) is 33.2 Å². The smallest absolute Gasteiger partial charge is 0.234 e. The first kappa shape index (κ1) is 22.1. The van der Waals surface area contributed by atoms with Gasteiger partial charge in [0.05, 0.1) is 13.1 Å². The number of amides is 2. The van der Waals surface area contributed by atoms with Gasteiger partial charge in [-0.05, 0) is 96.9 Å². The second-order valence-corrected chi connectivity index (χ2v) is 12.0. The second kappa shape index (κ2) is 8.42. The standard InChI is InChI=1S/C24H42N4O2/c1-23(2,3)25-22(30)16-28-7-5-20(6-8-28)27(4)15-21(29)26-24-12-17-9-18(13-24)11-19(10-17)14-24/h17-20H,5-16H2,1-4H3,(H,25,30)(H,26,29). The highest BCUT2D eigenvalue weighted by Crippen LogP contribution is 2.55. The summed E-state index contributed by atoms with van der Waals surface area (Å²) in [5.74, 6) is 2.88. The lowest BCUT2D eigenvalue weighted by atomic mass is 9.53. The zero-order valence-corrected chi connectivity index (χ0v) is 19.5. The molecule has 1 heterocycles. The average Bonchev–Trinajstić information content (AvgIpc) is 2.58. The van der Waals surface area contributed by atoms with Crippen molar-refractivity contribution in [2.24, 2.45) is 17.8 Å². The van der Waals surface area contributed by atoms with E-state index in [1.807, 2.05) is 20.8 Å². The van der Waals surface area contributed by atoms with Gasteiger partial charge in [-0.3, -0.25) is 19.4 Å². The molecule has 0 spiro atoms. The molecule has 0 radical (unpaired) electrons. The van der Waals surface area contributed by atoms with Gasteiger partial charge < -0.3 is 10.6 Å². The van der Waals surface area contributed by atoms with E-state index in [9.17, 15) is 9.59 Å². The van der Waals surface area contributed by atoms with Crippen LogP contribution >= 0.6 is 0 Å². The highest BCUT2D eigenvalue weighted by Gasteiger charge is 2.51. The number of piperidine rings is 1. The molecule has 30 heavy (non-hydrogen) atoms. The molecule has 0 unspecified atom stereocenters. The average molecular weight is 419 g/mol. The summed E-state index contributed by atoms with van der Waals surface area (Å²) in [7, 11) is 2.09. The maximum atomic E-state index is 12.9. The van der Waals surface area contributed by atoms with Gasteiger partial charge in [0.1, 0.15) is 0 Å². The number of likely N-dealkylation sites (N-methyl/N-ethyl adjacent to an activating group) is 1. The van der Waals surface area contributed by atoms with Crippen LogP contribution in [-0.2, 0) is 9.59 Å². The minimum Gasteiger partial charge on any atom is -0.350 e. The Bertz CT molecular complexity index is 613. The normalized spacial score (nSPS) is 34.4. The van der Waals surface area contributed by atoms with Crippen molar-refractivity contribution >= 4 is 11.8 Å². The molecule has 0 aromatic carbocycles. The summed E-state index contributed by atoms with van der Waals surface area (Å²) in [5.41, 5.74) is -0.0733. The molecule has 4 bridgehead atoms. The molecule has 0 aromatic heterocycles. The molecule has 0 atom stereocenters. The Morgan fingerprint density at radius 3 is 2.00 bits per heavy atom. The SMILES string of the molecule is CN(CC(=O)NC12CC3CC(CC(C3)C1)C2)C1CCN(CC(=O)NC(C)(C)C)CC1. The molecule has 5 aliphatic rings. The number of nitrogens with zero attached hydrogens (tertiary/aromatic N) is 2. The zero-order chi connectivity index (χ0) is 21.5. The van der Waals surface area contributed by atoms with Crippen LogP contribution in [0.15, 0.2) is 0 Å². The summed E-state index contributed by atoms with van der Waals surface area (Å²) < 4.78 is 0. The minimum absolute atomic E-state index is 0.101. The molecule has 1 saturated heterocycles. The van der Waals surface area contributed by atoms with E-state index < -0.39 is 0 Å². The Kier molecular flexibility index (Phi) is 6.19. The van der Waals surface area contributed by atoms with Crippen LogP contribution in [-0.4, -0.2) is 72.0 Å². The number of carbonyl (C=O) groups is 2. The van der Waals surface area contributed by atoms with Crippen molar-refractivity contribution in [3.8, 4) is 0 Å². The third kappa shape index (κ3) is 5.37. The molecule has 4 saturated carbocycles. The van der Waals surface area contributed by atoms with Crippen LogP contribution in [0, 0.1) is 17.8 Å². The van der Waals surface area contributed by atoms with Gasteiger partial charge in [0, 0.05) is 30.2 Å². The number of hydrogen-bond acceptors (Lipinski definition) is 4. The van der Waals surface area contributed by atoms with E-state index >= 15 is 0 Å². The van der Waals surface area contributed by atoms with E-state index in [2.05, 4.69) is 27.5 Å². The van der Waals surface area contributed by atoms with Gasteiger partial charge in [-0.1, -0.05) is 0 Å². The van der Waals surface area contributed by atoms with Crippen LogP contribution in [0.5, 0.6) is 0 Å². The summed E-state index contributed by atoms with van der Waals surface area (Å²) in [6.07, 6.45) is 9.88. The highest BCUT2D eigenvalue weighted by atomic mass is 16.2. The number of likely N-dealkylation sites (tertiary alicyclic amines) is 1. The number of carbonyl (C=O) groups excluding carboxylic acids is 2. The molecule has 4 aliphatic carbocycles. The summed E-state index contributed by atoms with van der Waals surface area (Å²) in [4.78, 5) is 29.6. The van der Waals surface area contributed by atoms with Gasteiger partial charge in [0.2, 0.25) is 11.8 Å². The van der Waals surface area contributed by atoms with Crippen molar-refractivity contribution in [1.29, 1.82) is 0 Å². The van der Waals surface area contributed by atoms with E-state index in [4.69, 9.17) is 0 Å². The third-order valence-corrected chi connectivity index (χ3v) is 7.90. The number of hydrogen-bond donors (Lipinski definition) is 2. The van der Waals surface area contributed by atoms with Crippen molar-refractivity contribution in [1.82, 2.24) is 20.4 Å². The molecular weight excluding hydrogens is 376 g/mol. The number of rotatable bonds is 6. The minimum atomic E-state index is -0.181. The van der Waals surface area contributed by atoms with Gasteiger partial charge >= 0.3 is 0 Å². The molecule has 5 rings (SSSR count). The van der Waals surface area contributed by atoms with E-state index in [1.165, 1.54) is 38.5 Å². The van der Waals surface area contributed by atoms with Crippen molar-refractivity contribution < 1.29 is 9.59 Å². The first-order chi connectivity index (χ1) is 14.1. The van der Waals surface area contributed by atoms with Crippen LogP contribution in [0.25, 0.3) is 0 Å². The van der Waals surface area contributed by atoms with Gasteiger partial charge in [0.15, 0.2) is 0 Å². The molecule has 2 N–H and O–H groups in total. The Labute approximate surface area is 182 Å². The fourth-order valence-corrected chi connectivity index (χ4v) is 7.13. The molecule has 170 valence electrons. The summed E-state index contributed by atoms with van der Waals surface area (Å²) >= 11 is 0. The highest BCUT2D eigenvalue weighted by molar-refractivity contribution is 5.79. The van der Waals surface area contributed by atoms with E-state index in [0.717, 1.165) is 43.7 Å². The maximum Gasteiger partial charge on any atom is 0.234 e. The predicted octanol–water partition coefficient (Wildman–Crippen LogP) is 2.38. The maximum absolute atomic E-state index is 12.9. The van der Waals surface area contributed by atoms with Crippen molar-refractivity contribution in [3.63, 3.8) is 0 Å². The first-order valence-corrected chi connectivity index (χ1v) is 12.1. The molecule has 2 amide bonds. The van der Waals surface area contributed by atoms with Gasteiger partial charge in [0.25, 0.3) is 0 Å². The lowest BCUT2D eigenvalue weighted by Crippen LogP contribution is -2.61. The monoisotopic (exact) mass is 418 g/mol. The predicted molar refractivity (Wildman–Crippen MR) is 119 cm³/mol. The molecule has 1 aliphatic heterocycles. The van der Waals surface area contributed by atoms with Gasteiger partial charge in [-0.15, -0.1) is 0 Å². The molecular formula is C24H42N4O2. The molecule has 0 aromatic rings. The van der Waals surface area contributed by atoms with Gasteiger partial charge in [-0.25, -0.2) is 0 Å². The lowest BCUT2D eigenvalue weighted by molar-refractivity contribution is -0.128. The van der Waals surface area contributed by atoms with Crippen LogP contribution in [0.2, 0.25) is 0 Å². The van der Waals surface area contributed by atoms with Crippen molar-refractivity contribution in [3.05, 3.63) is 0 Å². The Balaban J connectivity index is 1.20. The van der Waals surface area contributed by atoms with E-state index in [0.29, 0.717) is 19.1 Å². The Morgan fingerprint density at radius 2 is 1.50 bits per heavy atom. The van der Waals surface area contributed by atoms with Crippen molar-refractivity contribution in [2.45, 2.75) is 89.3 Å². The zero-order valence-electron chi connectivity index (χ0n) is 19.5. The molecule has 6 nitrogen and oxygen atoms in total. The number of nitrogens with one attached hydrogen (secondary N) is 2. The fraction of sp³-hybridized carbons (Fsp3) is 0.917. The summed E-state index contributed by atoms with van der Waals surface area (Å²) in [6.45, 7) is 8.85. The van der Waals surface area contributed by atoms with Crippen LogP contribution in [0.1, 0.15) is 72.1 Å². The quantitative estimate of drug-likeness (QED) is 0.695. The van der Waals surface area contributed by atoms with Crippen LogP contribution < -0.4 is 10.6 Å². The molecule has 5 fully saturated rings. The third-order valence-electron chi connectivity index (χ3n) is 7.90. The lowest BCUT2D eigenvalue weighted by Gasteiger charge is -2.57. The fourth-order valence-electron chi connectivity index (χ4n) is 7.13. The molecule has 6 heteroatoms. The Morgan fingerprint density at radius 1 is 0.967 bits per heavy atom. The van der Waals surface area contributed by atoms with Gasteiger partial charge in [-0.2, -0.15) is 0 Å². The summed E-state index contributed by atoms with van der Waals surface area (Å²) in [5, 5.41) is 6.55. The second-order valence-electron chi connectivity index (χ2n) is 12.0. The summed E-state index contributed by atoms with van der Waals surface area (Å²) in [6, 6.07) is 0.425. The Hall–Kier alpha value is -1.14.